The number of para-hydroxylation sites is 2. The molecule has 62 heavy (non-hydrogen) atoms. The molecule has 0 unspecified atom stereocenters. The number of hydrogen-bond donors (Lipinski definition) is 0. The molecule has 0 amide bonds. The van der Waals surface area contributed by atoms with E-state index in [0.717, 1.165) is 11.4 Å². The molecule has 4 heteroatoms. The quantitative estimate of drug-likeness (QED) is 0.162. The number of fused-ring (bicyclic) bond motifs is 11. The van der Waals surface area contributed by atoms with Crippen molar-refractivity contribution in [3.63, 3.8) is 0 Å². The van der Waals surface area contributed by atoms with Crippen LogP contribution in [0.4, 0.5) is 17.1 Å². The summed E-state index contributed by atoms with van der Waals surface area (Å²) in [5.41, 5.74) is 11.9. The fourth-order valence-electron chi connectivity index (χ4n) is 9.68. The van der Waals surface area contributed by atoms with Crippen LogP contribution in [0.2, 0.25) is 0 Å². The van der Waals surface area contributed by atoms with Crippen LogP contribution in [0.25, 0.3) is 101 Å². The van der Waals surface area contributed by atoms with Gasteiger partial charge in [0.1, 0.15) is 0 Å². The average molecular weight is 825 g/mol. The Hall–Kier alpha value is -7.50. The smallest absolute Gasteiger partial charge is 0.0646 e. The highest BCUT2D eigenvalue weighted by atomic mass is 32.1. The molecule has 0 N–H and O–H groups in total. The van der Waals surface area contributed by atoms with E-state index < -0.39 is 0 Å². The number of nitrogens with zero attached hydrogens (tertiary/aromatic N) is 2. The lowest BCUT2D eigenvalue weighted by Crippen LogP contribution is -2.10. The van der Waals surface area contributed by atoms with Gasteiger partial charge in [0.15, 0.2) is 0 Å². The van der Waals surface area contributed by atoms with Crippen LogP contribution >= 0.6 is 22.7 Å². The summed E-state index contributed by atoms with van der Waals surface area (Å²) in [6.45, 7) is 0. The monoisotopic (exact) mass is 824 g/mol. The second-order valence-corrected chi connectivity index (χ2v) is 18.2. The highest BCUT2D eigenvalue weighted by Crippen LogP contribution is 2.49. The van der Waals surface area contributed by atoms with Gasteiger partial charge in [0.05, 0.1) is 21.4 Å². The summed E-state index contributed by atoms with van der Waals surface area (Å²) in [4.78, 5) is 2.48. The molecule has 0 radical (unpaired) electrons. The first-order chi connectivity index (χ1) is 30.7. The van der Waals surface area contributed by atoms with Crippen molar-refractivity contribution >= 4 is 113 Å². The molecule has 0 saturated heterocycles. The van der Waals surface area contributed by atoms with Crippen molar-refractivity contribution in [1.29, 1.82) is 0 Å². The number of anilines is 3. The third kappa shape index (κ3) is 5.54. The van der Waals surface area contributed by atoms with Gasteiger partial charge in [-0.3, -0.25) is 0 Å². The van der Waals surface area contributed by atoms with E-state index in [-0.39, 0.29) is 0 Å². The van der Waals surface area contributed by atoms with Gasteiger partial charge in [0, 0.05) is 63.5 Å². The topological polar surface area (TPSA) is 8.17 Å². The number of hydrogen-bond acceptors (Lipinski definition) is 3. The Morgan fingerprint density at radius 3 is 1.79 bits per heavy atom. The second-order valence-electron chi connectivity index (χ2n) is 16.1. The van der Waals surface area contributed by atoms with Crippen LogP contribution in [0.15, 0.2) is 218 Å². The van der Waals surface area contributed by atoms with Gasteiger partial charge in [0.2, 0.25) is 0 Å². The van der Waals surface area contributed by atoms with Gasteiger partial charge in [-0.2, -0.15) is 0 Å². The molecule has 0 fully saturated rings. The van der Waals surface area contributed by atoms with E-state index in [2.05, 4.69) is 228 Å². The summed E-state index contributed by atoms with van der Waals surface area (Å²) in [6, 6.07) is 80.3. The fourth-order valence-corrected chi connectivity index (χ4v) is 12.0. The van der Waals surface area contributed by atoms with Crippen LogP contribution in [-0.2, 0) is 0 Å². The first-order valence-electron chi connectivity index (χ1n) is 21.1. The molecule has 13 aromatic rings. The van der Waals surface area contributed by atoms with Gasteiger partial charge in [-0.1, -0.05) is 140 Å². The van der Waals surface area contributed by atoms with Crippen molar-refractivity contribution in [2.45, 2.75) is 0 Å². The van der Waals surface area contributed by atoms with Crippen molar-refractivity contribution in [2.75, 3.05) is 4.90 Å². The molecule has 290 valence electrons. The molecule has 0 aliphatic heterocycles. The number of rotatable bonds is 6. The Kier molecular flexibility index (Phi) is 7.99. The molecule has 3 aromatic heterocycles. The molecule has 0 atom stereocenters. The van der Waals surface area contributed by atoms with Crippen molar-refractivity contribution < 1.29 is 0 Å². The number of thiophene rings is 2. The van der Waals surface area contributed by atoms with Crippen LogP contribution in [0.3, 0.4) is 0 Å². The van der Waals surface area contributed by atoms with Gasteiger partial charge in [-0.05, 0) is 112 Å². The van der Waals surface area contributed by atoms with Crippen molar-refractivity contribution in [2.24, 2.45) is 0 Å². The summed E-state index contributed by atoms with van der Waals surface area (Å²) in [6.07, 6.45) is 0. The van der Waals surface area contributed by atoms with E-state index in [1.165, 1.54) is 107 Å². The van der Waals surface area contributed by atoms with Crippen LogP contribution in [-0.4, -0.2) is 4.57 Å². The van der Waals surface area contributed by atoms with Gasteiger partial charge in [-0.25, -0.2) is 0 Å². The molecule has 0 aliphatic carbocycles. The maximum atomic E-state index is 2.48. The zero-order valence-electron chi connectivity index (χ0n) is 33.5. The highest BCUT2D eigenvalue weighted by Gasteiger charge is 2.22. The minimum atomic E-state index is 1.13. The van der Waals surface area contributed by atoms with Crippen LogP contribution in [0, 0.1) is 0 Å². The standard InChI is InChI=1S/C58H36N2S2/c1-3-13-37(14-4-1)38-23-27-43(28-24-38)59(53-35-41-15-7-8-18-45(41)57-48-20-10-12-22-54(48)62-58(53)57)44-29-30-47-50-34-40(26-32-55(50)61-56(47)36-44)39-25-31-52-49(33-39)46-19-9-11-21-51(46)60(52)42-16-5-2-6-17-42/h1-36H. The molecular weight excluding hydrogens is 789 g/mol. The van der Waals surface area contributed by atoms with Gasteiger partial charge >= 0.3 is 0 Å². The summed E-state index contributed by atoms with van der Waals surface area (Å²) in [5.74, 6) is 0. The van der Waals surface area contributed by atoms with E-state index in [4.69, 9.17) is 0 Å². The van der Waals surface area contributed by atoms with E-state index in [9.17, 15) is 0 Å². The van der Waals surface area contributed by atoms with Gasteiger partial charge in [0.25, 0.3) is 0 Å². The highest BCUT2D eigenvalue weighted by molar-refractivity contribution is 7.26. The lowest BCUT2D eigenvalue weighted by molar-refractivity contribution is 1.18. The molecule has 3 heterocycles. The van der Waals surface area contributed by atoms with Crippen molar-refractivity contribution in [3.8, 4) is 27.9 Å². The Labute approximate surface area is 366 Å². The van der Waals surface area contributed by atoms with Crippen LogP contribution < -0.4 is 4.90 Å². The predicted octanol–water partition coefficient (Wildman–Crippen LogP) is 17.5. The zero-order valence-corrected chi connectivity index (χ0v) is 35.1. The van der Waals surface area contributed by atoms with Gasteiger partial charge < -0.3 is 9.47 Å². The zero-order chi connectivity index (χ0) is 40.7. The minimum absolute atomic E-state index is 1.13. The molecule has 13 rings (SSSR count). The summed E-state index contributed by atoms with van der Waals surface area (Å²) in [5, 5.41) is 10.3. The Morgan fingerprint density at radius 2 is 0.952 bits per heavy atom. The SMILES string of the molecule is c1ccc(-c2ccc(N(c3ccc4c(c3)sc3ccc(-c5ccc6c(c5)c5ccccc5n6-c5ccccc5)cc34)c3cc4ccccc4c4c3sc3ccccc34)cc2)cc1. The molecule has 10 aromatic carbocycles. The van der Waals surface area contributed by atoms with Crippen molar-refractivity contribution in [3.05, 3.63) is 218 Å². The lowest BCUT2D eigenvalue weighted by atomic mass is 10.00. The summed E-state index contributed by atoms with van der Waals surface area (Å²) in [7, 11) is 0. The third-order valence-electron chi connectivity index (χ3n) is 12.6. The van der Waals surface area contributed by atoms with Crippen LogP contribution in [0.5, 0.6) is 0 Å². The molecular formula is C58H36N2S2. The minimum Gasteiger partial charge on any atom is -0.309 e. The average Bonchev–Trinajstić information content (AvgIpc) is 4.02. The van der Waals surface area contributed by atoms with E-state index in [0.29, 0.717) is 0 Å². The molecule has 0 saturated carbocycles. The maximum Gasteiger partial charge on any atom is 0.0646 e. The first-order valence-corrected chi connectivity index (χ1v) is 22.7. The maximum absolute atomic E-state index is 2.48. The predicted molar refractivity (Wildman–Crippen MR) is 270 cm³/mol. The fraction of sp³-hybridized carbons (Fsp3) is 0. The summed E-state index contributed by atoms with van der Waals surface area (Å²) < 4.78 is 7.54. The molecule has 0 aliphatic rings. The summed E-state index contributed by atoms with van der Waals surface area (Å²) >= 11 is 3.76. The molecule has 2 nitrogen and oxygen atoms in total. The molecule has 0 bridgehead atoms. The lowest BCUT2D eigenvalue weighted by Gasteiger charge is -2.27. The third-order valence-corrected chi connectivity index (χ3v) is 14.9. The number of benzene rings is 10. The largest absolute Gasteiger partial charge is 0.309 e. The number of aromatic nitrogens is 1. The Bertz CT molecular complexity index is 3860. The van der Waals surface area contributed by atoms with E-state index >= 15 is 0 Å². The Morgan fingerprint density at radius 1 is 0.339 bits per heavy atom. The van der Waals surface area contributed by atoms with Crippen LogP contribution in [0.1, 0.15) is 0 Å². The van der Waals surface area contributed by atoms with E-state index in [1.807, 2.05) is 22.7 Å². The van der Waals surface area contributed by atoms with Gasteiger partial charge in [-0.15, -0.1) is 22.7 Å². The Balaban J connectivity index is 0.970. The second kappa shape index (κ2) is 14.0. The van der Waals surface area contributed by atoms with Crippen molar-refractivity contribution in [1.82, 2.24) is 4.57 Å². The first kappa shape index (κ1) is 35.3. The normalized spacial score (nSPS) is 11.9. The van der Waals surface area contributed by atoms with E-state index in [1.54, 1.807) is 0 Å². The molecule has 0 spiro atoms.